The highest BCUT2D eigenvalue weighted by molar-refractivity contribution is 8.21. The molecular formula is C6H9ClN2S. The fourth-order valence-electron chi connectivity index (χ4n) is 0.701. The fourth-order valence-corrected chi connectivity index (χ4v) is 1.71. The highest BCUT2D eigenvalue weighted by Gasteiger charge is 2.20. The summed E-state index contributed by atoms with van der Waals surface area (Å²) in [6.07, 6.45) is 5.52. The minimum atomic E-state index is -0.207. The van der Waals surface area contributed by atoms with Crippen molar-refractivity contribution in [3.05, 3.63) is 12.3 Å². The third-order valence-corrected chi connectivity index (χ3v) is 2.27. The smallest absolute Gasteiger partial charge is 0.136 e. The number of hydrogen-bond donors (Lipinski definition) is 1. The molecule has 10 heavy (non-hydrogen) atoms. The van der Waals surface area contributed by atoms with E-state index in [0.29, 0.717) is 0 Å². The number of aliphatic imine (C=N–C) groups is 1. The van der Waals surface area contributed by atoms with Crippen molar-refractivity contribution in [1.82, 2.24) is 5.32 Å². The molecule has 1 atom stereocenters. The second-order valence-corrected chi connectivity index (χ2v) is 3.47. The molecule has 0 bridgehead atoms. The number of allylic oxidation sites excluding steroid dienone is 1. The van der Waals surface area contributed by atoms with Crippen molar-refractivity contribution in [2.45, 2.75) is 12.6 Å². The average molecular weight is 177 g/mol. The first-order valence-corrected chi connectivity index (χ1v) is 4.80. The topological polar surface area (TPSA) is 24.4 Å². The third-order valence-electron chi connectivity index (χ3n) is 1.27. The Hall–Kier alpha value is -0.150. The molecule has 0 aromatic carbocycles. The molecule has 0 aromatic rings. The van der Waals surface area contributed by atoms with Crippen molar-refractivity contribution in [3.8, 4) is 0 Å². The first-order valence-electron chi connectivity index (χ1n) is 2.98. The summed E-state index contributed by atoms with van der Waals surface area (Å²) in [6.45, 7) is 2.00. The summed E-state index contributed by atoms with van der Waals surface area (Å²) in [5, 5.41) is 3.11. The Morgan fingerprint density at radius 3 is 3.10 bits per heavy atom. The molecule has 1 N–H and O–H groups in total. The predicted molar refractivity (Wildman–Crippen MR) is 47.5 cm³/mol. The van der Waals surface area contributed by atoms with Crippen molar-refractivity contribution in [3.63, 3.8) is 0 Å². The van der Waals surface area contributed by atoms with Gasteiger partial charge in [-0.05, 0) is 29.9 Å². The lowest BCUT2D eigenvalue weighted by Gasteiger charge is -2.25. The van der Waals surface area contributed by atoms with Crippen LogP contribution < -0.4 is 5.32 Å². The van der Waals surface area contributed by atoms with Gasteiger partial charge in [0, 0.05) is 6.21 Å². The van der Waals surface area contributed by atoms with E-state index in [2.05, 4.69) is 10.3 Å². The van der Waals surface area contributed by atoms with Crippen LogP contribution in [0.3, 0.4) is 0 Å². The minimum absolute atomic E-state index is 0.207. The Bertz CT molecular complexity index is 169. The fraction of sp³-hybridized carbons (Fsp3) is 0.500. The van der Waals surface area contributed by atoms with Gasteiger partial charge < -0.3 is 5.32 Å². The van der Waals surface area contributed by atoms with Gasteiger partial charge in [0.25, 0.3) is 0 Å². The van der Waals surface area contributed by atoms with E-state index in [-0.39, 0.29) is 5.66 Å². The van der Waals surface area contributed by atoms with E-state index in [9.17, 15) is 0 Å². The van der Waals surface area contributed by atoms with Crippen molar-refractivity contribution < 1.29 is 0 Å². The molecule has 1 unspecified atom stereocenters. The Morgan fingerprint density at radius 1 is 1.80 bits per heavy atom. The zero-order valence-electron chi connectivity index (χ0n) is 5.67. The molecule has 0 aromatic heterocycles. The van der Waals surface area contributed by atoms with Crippen LogP contribution in [-0.4, -0.2) is 17.6 Å². The Labute approximate surface area is 69.2 Å². The first kappa shape index (κ1) is 7.95. The zero-order chi connectivity index (χ0) is 7.45. The molecule has 1 heterocycles. The monoisotopic (exact) mass is 176 g/mol. The Balaban J connectivity index is 2.52. The molecule has 1 aliphatic heterocycles. The highest BCUT2D eigenvalue weighted by atomic mass is 35.7. The van der Waals surface area contributed by atoms with Gasteiger partial charge >= 0.3 is 0 Å². The molecule has 0 amide bonds. The molecule has 4 heteroatoms. The summed E-state index contributed by atoms with van der Waals surface area (Å²) in [7, 11) is 6.77. The SMILES string of the molecule is CC1(CSCl)N=CC=CN1. The lowest BCUT2D eigenvalue weighted by molar-refractivity contribution is 0.475. The van der Waals surface area contributed by atoms with Crippen molar-refractivity contribution in [2.24, 2.45) is 4.99 Å². The lowest BCUT2D eigenvalue weighted by Crippen LogP contribution is -2.40. The van der Waals surface area contributed by atoms with Gasteiger partial charge in [-0.25, -0.2) is 0 Å². The van der Waals surface area contributed by atoms with E-state index in [1.165, 1.54) is 11.0 Å². The van der Waals surface area contributed by atoms with Crippen molar-refractivity contribution in [2.75, 3.05) is 5.75 Å². The summed E-state index contributed by atoms with van der Waals surface area (Å²) in [5.41, 5.74) is -0.207. The second kappa shape index (κ2) is 3.30. The quantitative estimate of drug-likeness (QED) is 0.694. The molecule has 0 saturated carbocycles. The predicted octanol–water partition coefficient (Wildman–Crippen LogP) is 1.78. The van der Waals surface area contributed by atoms with Crippen LogP contribution in [0.15, 0.2) is 17.3 Å². The highest BCUT2D eigenvalue weighted by Crippen LogP contribution is 2.18. The second-order valence-electron chi connectivity index (χ2n) is 2.31. The average Bonchev–Trinajstić information content (AvgIpc) is 1.89. The number of nitrogens with zero attached hydrogens (tertiary/aromatic N) is 1. The van der Waals surface area contributed by atoms with Crippen LogP contribution in [0.4, 0.5) is 0 Å². The molecule has 56 valence electrons. The molecule has 1 rings (SSSR count). The van der Waals surface area contributed by atoms with Crippen LogP contribution in [0, 0.1) is 0 Å². The zero-order valence-corrected chi connectivity index (χ0v) is 7.25. The normalized spacial score (nSPS) is 30.2. The maximum atomic E-state index is 5.50. The molecule has 0 saturated heterocycles. The van der Waals surface area contributed by atoms with Gasteiger partial charge in [0.2, 0.25) is 0 Å². The third kappa shape index (κ3) is 1.92. The van der Waals surface area contributed by atoms with Gasteiger partial charge in [0.1, 0.15) is 5.66 Å². The molecule has 0 fully saturated rings. The van der Waals surface area contributed by atoms with Crippen LogP contribution in [0.25, 0.3) is 0 Å². The van der Waals surface area contributed by atoms with Crippen LogP contribution in [0.2, 0.25) is 0 Å². The van der Waals surface area contributed by atoms with E-state index < -0.39 is 0 Å². The van der Waals surface area contributed by atoms with E-state index >= 15 is 0 Å². The van der Waals surface area contributed by atoms with Crippen LogP contribution >= 0.6 is 21.7 Å². The maximum absolute atomic E-state index is 5.50. The first-order chi connectivity index (χ1) is 4.77. The summed E-state index contributed by atoms with van der Waals surface area (Å²) in [4.78, 5) is 4.22. The van der Waals surface area contributed by atoms with Gasteiger partial charge in [0.05, 0.1) is 5.75 Å². The summed E-state index contributed by atoms with van der Waals surface area (Å²) < 4.78 is 0. The van der Waals surface area contributed by atoms with Crippen molar-refractivity contribution in [1.29, 1.82) is 0 Å². The van der Waals surface area contributed by atoms with Gasteiger partial charge in [-0.3, -0.25) is 4.99 Å². The van der Waals surface area contributed by atoms with E-state index in [1.54, 1.807) is 6.21 Å². The van der Waals surface area contributed by atoms with E-state index in [0.717, 1.165) is 5.75 Å². The Morgan fingerprint density at radius 2 is 2.60 bits per heavy atom. The number of halogens is 1. The lowest BCUT2D eigenvalue weighted by atomic mass is 10.2. The van der Waals surface area contributed by atoms with Crippen LogP contribution in [0.1, 0.15) is 6.92 Å². The molecule has 2 nitrogen and oxygen atoms in total. The van der Waals surface area contributed by atoms with E-state index in [1.807, 2.05) is 19.2 Å². The van der Waals surface area contributed by atoms with Crippen LogP contribution in [-0.2, 0) is 0 Å². The molecule has 1 aliphatic rings. The molecule has 0 aliphatic carbocycles. The standard InChI is InChI=1S/C6H9ClN2S/c1-6(5-10-7)8-3-2-4-9-6/h2-4,8H,5H2,1H3. The molecule has 0 radical (unpaired) electrons. The molecular weight excluding hydrogens is 168 g/mol. The maximum Gasteiger partial charge on any atom is 0.136 e. The van der Waals surface area contributed by atoms with E-state index in [4.69, 9.17) is 10.7 Å². The van der Waals surface area contributed by atoms with Gasteiger partial charge in [-0.1, -0.05) is 11.0 Å². The molecule has 0 spiro atoms. The number of hydrogen-bond acceptors (Lipinski definition) is 3. The van der Waals surface area contributed by atoms with Crippen LogP contribution in [0.5, 0.6) is 0 Å². The largest absolute Gasteiger partial charge is 0.367 e. The van der Waals surface area contributed by atoms with Gasteiger partial charge in [-0.2, -0.15) is 0 Å². The summed E-state index contributed by atoms with van der Waals surface area (Å²) >= 11 is 0. The number of nitrogens with one attached hydrogen (secondary N) is 1. The van der Waals surface area contributed by atoms with Gasteiger partial charge in [0.15, 0.2) is 0 Å². The van der Waals surface area contributed by atoms with Crippen molar-refractivity contribution >= 4 is 27.9 Å². The minimum Gasteiger partial charge on any atom is -0.367 e. The summed E-state index contributed by atoms with van der Waals surface area (Å²) in [5.74, 6) is 0.773. The summed E-state index contributed by atoms with van der Waals surface area (Å²) in [6, 6.07) is 0. The Kier molecular flexibility index (Phi) is 2.63. The van der Waals surface area contributed by atoms with Gasteiger partial charge in [-0.15, -0.1) is 0 Å². The number of rotatable bonds is 2.